The first kappa shape index (κ1) is 13.0. The largest absolute Gasteiger partial charge is 0.379 e. The molecule has 100 valence electrons. The number of anilines is 1. The van der Waals surface area contributed by atoms with E-state index in [2.05, 4.69) is 20.3 Å². The Morgan fingerprint density at radius 3 is 2.90 bits per heavy atom. The summed E-state index contributed by atoms with van der Waals surface area (Å²) in [6, 6.07) is 7.65. The number of halogens is 1. The molecule has 0 spiro atoms. The summed E-state index contributed by atoms with van der Waals surface area (Å²) in [4.78, 5) is 13.8. The maximum atomic E-state index is 5.89. The van der Waals surface area contributed by atoms with Crippen molar-refractivity contribution in [2.24, 2.45) is 0 Å². The molecule has 0 radical (unpaired) electrons. The summed E-state index contributed by atoms with van der Waals surface area (Å²) < 4.78 is 0. The van der Waals surface area contributed by atoms with Crippen molar-refractivity contribution < 1.29 is 0 Å². The van der Waals surface area contributed by atoms with Gasteiger partial charge in [0.2, 0.25) is 0 Å². The zero-order valence-corrected chi connectivity index (χ0v) is 12.0. The third-order valence-electron chi connectivity index (χ3n) is 2.61. The smallest absolute Gasteiger partial charge is 0.142 e. The summed E-state index contributed by atoms with van der Waals surface area (Å²) in [5, 5.41) is 4.81. The summed E-state index contributed by atoms with van der Waals surface area (Å²) in [5.41, 5.74) is 1.79. The molecule has 3 aromatic heterocycles. The van der Waals surface area contributed by atoms with Crippen LogP contribution in [0.1, 0.15) is 4.88 Å². The lowest BCUT2D eigenvalue weighted by Crippen LogP contribution is -1.97. The van der Waals surface area contributed by atoms with Crippen molar-refractivity contribution in [3.8, 4) is 10.7 Å². The van der Waals surface area contributed by atoms with E-state index in [1.807, 2.05) is 30.5 Å². The van der Waals surface area contributed by atoms with Gasteiger partial charge in [0.25, 0.3) is 0 Å². The lowest BCUT2D eigenvalue weighted by Gasteiger charge is -2.03. The minimum Gasteiger partial charge on any atom is -0.379 e. The Morgan fingerprint density at radius 2 is 2.10 bits per heavy atom. The van der Waals surface area contributed by atoms with Crippen molar-refractivity contribution in [3.05, 3.63) is 59.0 Å². The van der Waals surface area contributed by atoms with Crippen LogP contribution in [0.15, 0.2) is 49.1 Å². The van der Waals surface area contributed by atoms with Crippen LogP contribution in [0.2, 0.25) is 5.02 Å². The summed E-state index contributed by atoms with van der Waals surface area (Å²) in [6.45, 7) is 0.687. The summed E-state index contributed by atoms with van der Waals surface area (Å²) >= 11 is 7.51. The molecule has 3 heterocycles. The van der Waals surface area contributed by atoms with Crippen molar-refractivity contribution in [1.29, 1.82) is 0 Å². The van der Waals surface area contributed by atoms with Crippen molar-refractivity contribution >= 4 is 28.6 Å². The Hall–Kier alpha value is -1.98. The Labute approximate surface area is 125 Å². The number of nitrogens with one attached hydrogen (secondary N) is 1. The van der Waals surface area contributed by atoms with Gasteiger partial charge in [0.1, 0.15) is 5.01 Å². The van der Waals surface area contributed by atoms with Gasteiger partial charge in [0.15, 0.2) is 0 Å². The molecule has 0 saturated carbocycles. The van der Waals surface area contributed by atoms with E-state index in [0.29, 0.717) is 11.6 Å². The van der Waals surface area contributed by atoms with E-state index >= 15 is 0 Å². The molecule has 3 aromatic rings. The fourth-order valence-electron chi connectivity index (χ4n) is 1.69. The van der Waals surface area contributed by atoms with Gasteiger partial charge in [0.05, 0.1) is 29.1 Å². The molecule has 4 nitrogen and oxygen atoms in total. The van der Waals surface area contributed by atoms with Gasteiger partial charge in [-0.2, -0.15) is 0 Å². The molecule has 0 unspecified atom stereocenters. The molecule has 6 heteroatoms. The van der Waals surface area contributed by atoms with E-state index in [-0.39, 0.29) is 0 Å². The molecule has 0 atom stereocenters. The summed E-state index contributed by atoms with van der Waals surface area (Å²) in [6.07, 6.45) is 6.98. The third kappa shape index (κ3) is 3.12. The molecule has 0 aromatic carbocycles. The highest BCUT2D eigenvalue weighted by Crippen LogP contribution is 2.24. The Bertz CT molecular complexity index is 699. The first-order chi connectivity index (χ1) is 9.81. The monoisotopic (exact) mass is 302 g/mol. The van der Waals surface area contributed by atoms with Gasteiger partial charge in [0, 0.05) is 23.5 Å². The first-order valence-electron chi connectivity index (χ1n) is 6.02. The lowest BCUT2D eigenvalue weighted by atomic mass is 10.4. The standard InChI is InChI=1S/C14H11ClN4S/c15-10-5-11(7-16-6-10)18-8-12-9-19-14(20-12)13-3-1-2-4-17-13/h1-7,9,18H,8H2. The van der Waals surface area contributed by atoms with Gasteiger partial charge in [-0.3, -0.25) is 9.97 Å². The maximum Gasteiger partial charge on any atom is 0.142 e. The van der Waals surface area contributed by atoms with Crippen LogP contribution in [0.5, 0.6) is 0 Å². The molecule has 20 heavy (non-hydrogen) atoms. The molecule has 0 bridgehead atoms. The number of aromatic nitrogens is 3. The predicted molar refractivity (Wildman–Crippen MR) is 81.9 cm³/mol. The van der Waals surface area contributed by atoms with E-state index < -0.39 is 0 Å². The normalized spacial score (nSPS) is 10.4. The Kier molecular flexibility index (Phi) is 3.90. The Balaban J connectivity index is 1.69. The van der Waals surface area contributed by atoms with Crippen LogP contribution in [0.3, 0.4) is 0 Å². The molecule has 0 aliphatic carbocycles. The van der Waals surface area contributed by atoms with Gasteiger partial charge in [-0.15, -0.1) is 11.3 Å². The van der Waals surface area contributed by atoms with Crippen LogP contribution in [-0.4, -0.2) is 15.0 Å². The summed E-state index contributed by atoms with van der Waals surface area (Å²) in [7, 11) is 0. The highest BCUT2D eigenvalue weighted by molar-refractivity contribution is 7.15. The highest BCUT2D eigenvalue weighted by Gasteiger charge is 2.05. The molecule has 1 N–H and O–H groups in total. The molecule has 0 aliphatic rings. The van der Waals surface area contributed by atoms with Gasteiger partial charge in [-0.1, -0.05) is 17.7 Å². The van der Waals surface area contributed by atoms with E-state index in [4.69, 9.17) is 11.6 Å². The van der Waals surface area contributed by atoms with Crippen LogP contribution < -0.4 is 5.32 Å². The quantitative estimate of drug-likeness (QED) is 0.795. The van der Waals surface area contributed by atoms with Crippen molar-refractivity contribution in [2.75, 3.05) is 5.32 Å². The van der Waals surface area contributed by atoms with Gasteiger partial charge >= 0.3 is 0 Å². The van der Waals surface area contributed by atoms with Crippen molar-refractivity contribution in [3.63, 3.8) is 0 Å². The zero-order valence-electron chi connectivity index (χ0n) is 10.5. The fourth-order valence-corrected chi connectivity index (χ4v) is 2.70. The van der Waals surface area contributed by atoms with Crippen LogP contribution in [0.25, 0.3) is 10.7 Å². The SMILES string of the molecule is Clc1cncc(NCc2cnc(-c3ccccn3)s2)c1. The second-order valence-electron chi connectivity index (χ2n) is 4.09. The van der Waals surface area contributed by atoms with E-state index in [9.17, 15) is 0 Å². The van der Waals surface area contributed by atoms with Gasteiger partial charge in [-0.25, -0.2) is 4.98 Å². The molecule has 3 rings (SSSR count). The van der Waals surface area contributed by atoms with Gasteiger partial charge in [-0.05, 0) is 18.2 Å². The van der Waals surface area contributed by atoms with Crippen LogP contribution in [-0.2, 0) is 6.54 Å². The van der Waals surface area contributed by atoms with Crippen LogP contribution >= 0.6 is 22.9 Å². The minimum atomic E-state index is 0.619. The average Bonchev–Trinajstić information content (AvgIpc) is 2.95. The van der Waals surface area contributed by atoms with Crippen molar-refractivity contribution in [2.45, 2.75) is 6.54 Å². The second kappa shape index (κ2) is 5.98. The highest BCUT2D eigenvalue weighted by atomic mass is 35.5. The number of pyridine rings is 2. The van der Waals surface area contributed by atoms with E-state index in [1.54, 1.807) is 29.9 Å². The molecule has 0 fully saturated rings. The van der Waals surface area contributed by atoms with Crippen molar-refractivity contribution in [1.82, 2.24) is 15.0 Å². The van der Waals surface area contributed by atoms with E-state index in [1.165, 1.54) is 0 Å². The Morgan fingerprint density at radius 1 is 1.15 bits per heavy atom. The minimum absolute atomic E-state index is 0.619. The van der Waals surface area contributed by atoms with Gasteiger partial charge < -0.3 is 5.32 Å². The number of hydrogen-bond donors (Lipinski definition) is 1. The topological polar surface area (TPSA) is 50.7 Å². The molecule has 0 saturated heterocycles. The molecule has 0 amide bonds. The lowest BCUT2D eigenvalue weighted by molar-refractivity contribution is 1.16. The number of thiazole rings is 1. The number of hydrogen-bond acceptors (Lipinski definition) is 5. The average molecular weight is 303 g/mol. The van der Waals surface area contributed by atoms with E-state index in [0.717, 1.165) is 21.3 Å². The predicted octanol–water partition coefficient (Wildman–Crippen LogP) is 3.87. The molecule has 0 aliphatic heterocycles. The van der Waals surface area contributed by atoms with Crippen LogP contribution in [0.4, 0.5) is 5.69 Å². The maximum absolute atomic E-state index is 5.89. The first-order valence-corrected chi connectivity index (χ1v) is 7.21. The third-order valence-corrected chi connectivity index (χ3v) is 3.84. The zero-order chi connectivity index (χ0) is 13.8. The second-order valence-corrected chi connectivity index (χ2v) is 5.64. The number of nitrogens with zero attached hydrogens (tertiary/aromatic N) is 3. The van der Waals surface area contributed by atoms with Crippen LogP contribution in [0, 0.1) is 0 Å². The number of rotatable bonds is 4. The molecular formula is C14H11ClN4S. The molecular weight excluding hydrogens is 292 g/mol. The fraction of sp³-hybridized carbons (Fsp3) is 0.0714. The summed E-state index contributed by atoms with van der Waals surface area (Å²) in [5.74, 6) is 0.